The summed E-state index contributed by atoms with van der Waals surface area (Å²) in [6, 6.07) is -2.76. The number of hydrogen-bond donors (Lipinski definition) is 13. The van der Waals surface area contributed by atoms with E-state index < -0.39 is 142 Å². The Labute approximate surface area is 285 Å². The standard InChI is InChI=1S/C28H49N3O19/c1-10(34)30-16-12(36)6-28(27(43)44,50-24(16)18(38)13(37)7-32)46-9-15-19(39)21(41)22(42)26(48-15)49-23-14(8-33)47-25(45-5-3-4-29)17(20(23)40)31-11(2)35/h12-26,32-33,36-42H,3-9,29H2,1-2H3,(H,30,34)(H,31,35)(H,43,44)/t12-,13+,14+,15+,16+,17+,18+,19-,20+,21-,22+,23+,24+,25+,26-,28+/m0/s1. The van der Waals surface area contributed by atoms with Gasteiger partial charge in [-0.1, -0.05) is 0 Å². The van der Waals surface area contributed by atoms with Crippen molar-refractivity contribution in [2.45, 2.75) is 124 Å². The first-order valence-electron chi connectivity index (χ1n) is 15.9. The fourth-order valence-electron chi connectivity index (χ4n) is 5.86. The van der Waals surface area contributed by atoms with Gasteiger partial charge in [-0.05, 0) is 13.0 Å². The smallest absolute Gasteiger partial charge is 0.364 e. The first kappa shape index (κ1) is 42.2. The summed E-state index contributed by atoms with van der Waals surface area (Å²) in [4.78, 5) is 36.2. The molecule has 2 amide bonds. The van der Waals surface area contributed by atoms with Gasteiger partial charge < -0.3 is 95.9 Å². The fraction of sp³-hybridized carbons (Fsp3) is 0.893. The molecule has 50 heavy (non-hydrogen) atoms. The van der Waals surface area contributed by atoms with E-state index in [-0.39, 0.29) is 13.2 Å². The highest BCUT2D eigenvalue weighted by atomic mass is 16.8. The highest BCUT2D eigenvalue weighted by Gasteiger charge is 2.57. The summed E-state index contributed by atoms with van der Waals surface area (Å²) in [5.41, 5.74) is 5.49. The van der Waals surface area contributed by atoms with E-state index in [1.165, 1.54) is 0 Å². The van der Waals surface area contributed by atoms with Gasteiger partial charge in [-0.15, -0.1) is 0 Å². The molecule has 14 N–H and O–H groups in total. The summed E-state index contributed by atoms with van der Waals surface area (Å²) in [7, 11) is 0. The zero-order valence-corrected chi connectivity index (χ0v) is 27.3. The molecule has 3 rings (SSSR count). The number of ether oxygens (including phenoxy) is 6. The van der Waals surface area contributed by atoms with Gasteiger partial charge in [-0.2, -0.15) is 0 Å². The average Bonchev–Trinajstić information content (AvgIpc) is 3.06. The van der Waals surface area contributed by atoms with Crippen LogP contribution >= 0.6 is 0 Å². The maximum Gasteiger partial charge on any atom is 0.364 e. The third-order valence-corrected chi connectivity index (χ3v) is 8.48. The normalized spacial score (nSPS) is 40.4. The highest BCUT2D eigenvalue weighted by molar-refractivity contribution is 5.76. The number of carbonyl (C=O) groups excluding carboxylic acids is 2. The summed E-state index contributed by atoms with van der Waals surface area (Å²) < 4.78 is 33.7. The Morgan fingerprint density at radius 3 is 2.08 bits per heavy atom. The summed E-state index contributed by atoms with van der Waals surface area (Å²) in [5, 5.41) is 109. The van der Waals surface area contributed by atoms with Crippen molar-refractivity contribution in [3.8, 4) is 0 Å². The van der Waals surface area contributed by atoms with Crippen LogP contribution in [0.4, 0.5) is 0 Å². The van der Waals surface area contributed by atoms with Crippen LogP contribution in [-0.2, 0) is 42.8 Å². The molecule has 0 radical (unpaired) electrons. The molecular weight excluding hydrogens is 682 g/mol. The predicted octanol–water partition coefficient (Wildman–Crippen LogP) is -7.71. The van der Waals surface area contributed by atoms with Crippen molar-refractivity contribution >= 4 is 17.8 Å². The van der Waals surface area contributed by atoms with Crippen LogP contribution in [0.1, 0.15) is 26.7 Å². The Morgan fingerprint density at radius 1 is 0.900 bits per heavy atom. The van der Waals surface area contributed by atoms with Crippen LogP contribution in [0.5, 0.6) is 0 Å². The van der Waals surface area contributed by atoms with Crippen LogP contribution in [0.2, 0.25) is 0 Å². The summed E-state index contributed by atoms with van der Waals surface area (Å²) >= 11 is 0. The minimum atomic E-state index is -2.84. The van der Waals surface area contributed by atoms with E-state index in [2.05, 4.69) is 10.6 Å². The van der Waals surface area contributed by atoms with Gasteiger partial charge in [0.15, 0.2) is 12.6 Å². The number of carboxylic acid groups (broad SMARTS) is 1. The van der Waals surface area contributed by atoms with E-state index >= 15 is 0 Å². The maximum absolute atomic E-state index is 12.5. The van der Waals surface area contributed by atoms with Crippen molar-refractivity contribution in [1.82, 2.24) is 10.6 Å². The van der Waals surface area contributed by atoms with Gasteiger partial charge in [0.05, 0.1) is 38.6 Å². The number of rotatable bonds is 16. The van der Waals surface area contributed by atoms with E-state index in [4.69, 9.17) is 34.2 Å². The summed E-state index contributed by atoms with van der Waals surface area (Å²) in [6.45, 7) is -0.200. The number of hydrogen-bond acceptors (Lipinski definition) is 19. The van der Waals surface area contributed by atoms with Crippen molar-refractivity contribution < 1.29 is 93.9 Å². The molecule has 0 spiro atoms. The molecule has 0 aromatic carbocycles. The van der Waals surface area contributed by atoms with Gasteiger partial charge in [0.2, 0.25) is 11.8 Å². The van der Waals surface area contributed by atoms with Crippen LogP contribution in [-0.4, -0.2) is 199 Å². The molecule has 0 saturated carbocycles. The summed E-state index contributed by atoms with van der Waals surface area (Å²) in [5.74, 6) is -6.02. The first-order chi connectivity index (χ1) is 23.5. The van der Waals surface area contributed by atoms with Crippen LogP contribution < -0.4 is 16.4 Å². The Morgan fingerprint density at radius 2 is 1.52 bits per heavy atom. The van der Waals surface area contributed by atoms with Crippen molar-refractivity contribution in [3.05, 3.63) is 0 Å². The Bertz CT molecular complexity index is 1120. The Kier molecular flexibility index (Phi) is 15.6. The van der Waals surface area contributed by atoms with Crippen molar-refractivity contribution in [1.29, 1.82) is 0 Å². The molecule has 22 heteroatoms. The lowest BCUT2D eigenvalue weighted by atomic mass is 9.88. The molecular formula is C28H49N3O19. The van der Waals surface area contributed by atoms with E-state index in [0.29, 0.717) is 6.42 Å². The van der Waals surface area contributed by atoms with Gasteiger partial charge in [0.25, 0.3) is 5.79 Å². The maximum atomic E-state index is 12.5. The molecule has 16 atom stereocenters. The minimum absolute atomic E-state index is 0.0675. The molecule has 3 fully saturated rings. The van der Waals surface area contributed by atoms with E-state index in [1.807, 2.05) is 0 Å². The number of aliphatic hydroxyl groups excluding tert-OH is 9. The zero-order chi connectivity index (χ0) is 37.5. The van der Waals surface area contributed by atoms with Gasteiger partial charge >= 0.3 is 5.97 Å². The average molecular weight is 732 g/mol. The van der Waals surface area contributed by atoms with Crippen molar-refractivity contribution in [3.63, 3.8) is 0 Å². The molecule has 0 aliphatic carbocycles. The first-order valence-corrected chi connectivity index (χ1v) is 15.9. The fourth-order valence-corrected chi connectivity index (χ4v) is 5.86. The van der Waals surface area contributed by atoms with Crippen LogP contribution in [0.3, 0.4) is 0 Å². The number of amides is 2. The van der Waals surface area contributed by atoms with Gasteiger partial charge in [-0.25, -0.2) is 4.79 Å². The van der Waals surface area contributed by atoms with E-state index in [1.54, 1.807) is 0 Å². The SMILES string of the molecule is CC(=O)N[C@H]1[C@H](OCCCN)O[C@H](CO)[C@@H](O[C@@H]2O[C@H](CO[C@]3(C(=O)O)C[C@H](O)[C@@H](NC(C)=O)[C@H]([C@H](O)[C@H](O)CO)O3)[C@H](O)[C@H](O)[C@H]2O)[C@@H]1O. The quantitative estimate of drug-likeness (QED) is 0.0655. The lowest BCUT2D eigenvalue weighted by Crippen LogP contribution is -2.69. The van der Waals surface area contributed by atoms with Gasteiger partial charge in [0.1, 0.15) is 67.1 Å². The summed E-state index contributed by atoms with van der Waals surface area (Å²) in [6.07, 6.45) is -23.6. The monoisotopic (exact) mass is 731 g/mol. The molecule has 3 aliphatic heterocycles. The largest absolute Gasteiger partial charge is 0.477 e. The number of carbonyl (C=O) groups is 3. The Balaban J connectivity index is 1.83. The second kappa shape index (κ2) is 18.5. The lowest BCUT2D eigenvalue weighted by Gasteiger charge is -2.48. The zero-order valence-electron chi connectivity index (χ0n) is 27.3. The number of nitrogens with one attached hydrogen (secondary N) is 2. The number of aliphatic hydroxyl groups is 9. The molecule has 3 heterocycles. The van der Waals surface area contributed by atoms with Crippen molar-refractivity contribution in [2.24, 2.45) is 5.73 Å². The third-order valence-electron chi connectivity index (χ3n) is 8.48. The molecule has 0 bridgehead atoms. The van der Waals surface area contributed by atoms with E-state index in [0.717, 1.165) is 13.8 Å². The molecule has 0 unspecified atom stereocenters. The second-order valence-electron chi connectivity index (χ2n) is 12.3. The number of carboxylic acids is 1. The lowest BCUT2D eigenvalue weighted by molar-refractivity contribution is -0.360. The number of nitrogens with two attached hydrogens (primary N) is 1. The minimum Gasteiger partial charge on any atom is -0.477 e. The molecule has 3 aliphatic rings. The van der Waals surface area contributed by atoms with Crippen molar-refractivity contribution in [2.75, 3.05) is 33.0 Å². The van der Waals surface area contributed by atoms with Crippen LogP contribution in [0.15, 0.2) is 0 Å². The van der Waals surface area contributed by atoms with Gasteiger partial charge in [-0.3, -0.25) is 9.59 Å². The highest BCUT2D eigenvalue weighted by Crippen LogP contribution is 2.35. The Hall–Kier alpha value is -2.23. The second-order valence-corrected chi connectivity index (χ2v) is 12.3. The third kappa shape index (κ3) is 9.80. The molecule has 0 aromatic rings. The molecule has 290 valence electrons. The molecule has 3 saturated heterocycles. The topological polar surface area (TPSA) is 359 Å². The molecule has 0 aromatic heterocycles. The number of aliphatic carboxylic acids is 1. The molecule has 22 nitrogen and oxygen atoms in total. The van der Waals surface area contributed by atoms with Gasteiger partial charge in [0, 0.05) is 20.3 Å². The predicted molar refractivity (Wildman–Crippen MR) is 159 cm³/mol. The van der Waals surface area contributed by atoms with Crippen LogP contribution in [0.25, 0.3) is 0 Å². The van der Waals surface area contributed by atoms with E-state index in [9.17, 15) is 65.4 Å². The van der Waals surface area contributed by atoms with Crippen LogP contribution in [0, 0.1) is 0 Å².